The second kappa shape index (κ2) is 7.13. The Balaban J connectivity index is 1.63. The molecule has 0 unspecified atom stereocenters. The quantitative estimate of drug-likeness (QED) is 0.765. The number of sulfonamides is 1. The minimum atomic E-state index is -3.57. The lowest BCUT2D eigenvalue weighted by atomic mass is 10.2. The van der Waals surface area contributed by atoms with E-state index in [4.69, 9.17) is 13.9 Å². The first kappa shape index (κ1) is 18.5. The second-order valence-corrected chi connectivity index (χ2v) is 8.36. The molecule has 140 valence electrons. The highest BCUT2D eigenvalue weighted by atomic mass is 32.2. The Hall–Kier alpha value is -2.32. The Morgan fingerprint density at radius 2 is 1.77 bits per heavy atom. The summed E-state index contributed by atoms with van der Waals surface area (Å²) in [5, 5.41) is 0. The van der Waals surface area contributed by atoms with Gasteiger partial charge in [0.05, 0.1) is 30.2 Å². The Bertz CT molecular complexity index is 927. The van der Waals surface area contributed by atoms with E-state index in [1.807, 2.05) is 13.8 Å². The van der Waals surface area contributed by atoms with Crippen LogP contribution in [0.1, 0.15) is 19.6 Å². The van der Waals surface area contributed by atoms with E-state index < -0.39 is 15.6 Å². The van der Waals surface area contributed by atoms with Crippen molar-refractivity contribution in [2.24, 2.45) is 0 Å². The number of hydrogen-bond acceptors (Lipinski definition) is 6. The molecule has 0 aliphatic carbocycles. The first-order valence-corrected chi connectivity index (χ1v) is 9.73. The smallest absolute Gasteiger partial charge is 0.339 e. The van der Waals surface area contributed by atoms with Crippen molar-refractivity contribution < 1.29 is 22.3 Å². The normalized spacial score (nSPS) is 15.7. The van der Waals surface area contributed by atoms with Crippen molar-refractivity contribution in [2.75, 3.05) is 13.1 Å². The average molecular weight is 379 g/mol. The van der Waals surface area contributed by atoms with Gasteiger partial charge in [0.2, 0.25) is 10.0 Å². The van der Waals surface area contributed by atoms with Gasteiger partial charge in [-0.15, -0.1) is 0 Å². The van der Waals surface area contributed by atoms with Crippen molar-refractivity contribution in [2.45, 2.75) is 37.9 Å². The maximum atomic E-state index is 12.6. The van der Waals surface area contributed by atoms with E-state index in [2.05, 4.69) is 0 Å². The number of rotatable bonds is 6. The maximum Gasteiger partial charge on any atom is 0.339 e. The minimum absolute atomic E-state index is 0.0230. The lowest BCUT2D eigenvalue weighted by Gasteiger charge is -2.37. The Labute approximate surface area is 152 Å². The van der Waals surface area contributed by atoms with Gasteiger partial charge in [-0.25, -0.2) is 13.2 Å². The van der Waals surface area contributed by atoms with Crippen molar-refractivity contribution in [1.29, 1.82) is 0 Å². The van der Waals surface area contributed by atoms with E-state index in [1.54, 1.807) is 25.1 Å². The summed E-state index contributed by atoms with van der Waals surface area (Å²) >= 11 is 0. The van der Waals surface area contributed by atoms with Crippen LogP contribution in [-0.2, 0) is 10.0 Å². The van der Waals surface area contributed by atoms with Gasteiger partial charge in [-0.2, -0.15) is 4.31 Å². The zero-order valence-electron chi connectivity index (χ0n) is 14.8. The fraction of sp³-hybridized carbons (Fsp3) is 0.389. The first-order chi connectivity index (χ1) is 12.2. The van der Waals surface area contributed by atoms with Crippen molar-refractivity contribution in [3.8, 4) is 11.5 Å². The summed E-state index contributed by atoms with van der Waals surface area (Å²) in [4.78, 5) is 11.6. The zero-order valence-corrected chi connectivity index (χ0v) is 15.7. The molecule has 1 aliphatic heterocycles. The van der Waals surface area contributed by atoms with Gasteiger partial charge in [0, 0.05) is 6.07 Å². The van der Waals surface area contributed by atoms with Crippen LogP contribution in [-0.4, -0.2) is 38.0 Å². The number of hydrogen-bond donors (Lipinski definition) is 0. The molecule has 0 saturated carbocycles. The Morgan fingerprint density at radius 1 is 1.12 bits per heavy atom. The van der Waals surface area contributed by atoms with Crippen molar-refractivity contribution in [3.63, 3.8) is 0 Å². The molecule has 0 bridgehead atoms. The zero-order chi connectivity index (χ0) is 18.9. The summed E-state index contributed by atoms with van der Waals surface area (Å²) < 4.78 is 42.6. The van der Waals surface area contributed by atoms with Crippen LogP contribution in [0.15, 0.2) is 50.5 Å². The summed E-state index contributed by atoms with van der Waals surface area (Å²) in [6.07, 6.45) is -0.274. The van der Waals surface area contributed by atoms with E-state index in [0.717, 1.165) is 0 Å². The number of ether oxygens (including phenoxy) is 2. The van der Waals surface area contributed by atoms with Gasteiger partial charge in [-0.1, -0.05) is 0 Å². The summed E-state index contributed by atoms with van der Waals surface area (Å²) in [5.74, 6) is 1.46. The van der Waals surface area contributed by atoms with Gasteiger partial charge in [-0.05, 0) is 45.0 Å². The lowest BCUT2D eigenvalue weighted by molar-refractivity contribution is 0.0754. The monoisotopic (exact) mass is 379 g/mol. The molecule has 0 spiro atoms. The first-order valence-electron chi connectivity index (χ1n) is 8.29. The SMILES string of the molecule is Cc1cc(OC2CN(S(=O)(=O)c3ccc(OC(C)C)cc3)C2)cc(=O)o1. The second-order valence-electron chi connectivity index (χ2n) is 6.42. The summed E-state index contributed by atoms with van der Waals surface area (Å²) in [5.41, 5.74) is -0.493. The fourth-order valence-electron chi connectivity index (χ4n) is 2.62. The van der Waals surface area contributed by atoms with Crippen LogP contribution >= 0.6 is 0 Å². The number of benzene rings is 1. The van der Waals surface area contributed by atoms with Crippen LogP contribution < -0.4 is 15.1 Å². The molecule has 1 aliphatic rings. The third-order valence-corrected chi connectivity index (χ3v) is 5.66. The minimum Gasteiger partial charge on any atom is -0.491 e. The molecule has 2 heterocycles. The van der Waals surface area contributed by atoms with Crippen LogP contribution in [0.3, 0.4) is 0 Å². The molecule has 0 N–H and O–H groups in total. The largest absolute Gasteiger partial charge is 0.491 e. The summed E-state index contributed by atoms with van der Waals surface area (Å²) in [6.45, 7) is 5.92. The van der Waals surface area contributed by atoms with Gasteiger partial charge in [0.1, 0.15) is 23.4 Å². The highest BCUT2D eigenvalue weighted by molar-refractivity contribution is 7.89. The summed E-state index contributed by atoms with van der Waals surface area (Å²) in [6, 6.07) is 9.21. The molecule has 0 amide bonds. The average Bonchev–Trinajstić information content (AvgIpc) is 2.49. The highest BCUT2D eigenvalue weighted by Crippen LogP contribution is 2.26. The van der Waals surface area contributed by atoms with Crippen LogP contribution in [0.2, 0.25) is 0 Å². The predicted octanol–water partition coefficient (Wildman–Crippen LogP) is 2.19. The molecule has 0 radical (unpaired) electrons. The maximum absolute atomic E-state index is 12.6. The van der Waals surface area contributed by atoms with Gasteiger partial charge in [0.25, 0.3) is 0 Å². The van der Waals surface area contributed by atoms with E-state index >= 15 is 0 Å². The third-order valence-electron chi connectivity index (χ3n) is 3.82. The predicted molar refractivity (Wildman–Crippen MR) is 95.1 cm³/mol. The lowest BCUT2D eigenvalue weighted by Crippen LogP contribution is -2.55. The van der Waals surface area contributed by atoms with Crippen molar-refractivity contribution >= 4 is 10.0 Å². The summed E-state index contributed by atoms with van der Waals surface area (Å²) in [7, 11) is -3.57. The van der Waals surface area contributed by atoms with Gasteiger partial charge >= 0.3 is 5.63 Å². The van der Waals surface area contributed by atoms with Crippen LogP contribution in [0.5, 0.6) is 11.5 Å². The topological polar surface area (TPSA) is 86.0 Å². The molecular weight excluding hydrogens is 358 g/mol. The van der Waals surface area contributed by atoms with Crippen LogP contribution in [0, 0.1) is 6.92 Å². The van der Waals surface area contributed by atoms with Crippen molar-refractivity contribution in [3.05, 3.63) is 52.6 Å². The molecule has 3 rings (SSSR count). The molecule has 1 saturated heterocycles. The molecule has 1 fully saturated rings. The molecular formula is C18H21NO6S. The molecule has 0 atom stereocenters. The fourth-order valence-corrected chi connectivity index (χ4v) is 4.12. The Morgan fingerprint density at radius 3 is 2.35 bits per heavy atom. The molecule has 1 aromatic heterocycles. The molecule has 1 aromatic carbocycles. The van der Waals surface area contributed by atoms with Gasteiger partial charge in [0.15, 0.2) is 0 Å². The van der Waals surface area contributed by atoms with Gasteiger partial charge in [-0.3, -0.25) is 0 Å². The molecule has 26 heavy (non-hydrogen) atoms. The number of nitrogens with zero attached hydrogens (tertiary/aromatic N) is 1. The van der Waals surface area contributed by atoms with E-state index in [9.17, 15) is 13.2 Å². The van der Waals surface area contributed by atoms with E-state index in [1.165, 1.54) is 22.5 Å². The Kier molecular flexibility index (Phi) is 5.06. The standard InChI is InChI=1S/C18H21NO6S/c1-12(2)23-14-4-6-17(7-5-14)26(21,22)19-10-16(11-19)25-15-8-13(3)24-18(20)9-15/h4-9,12,16H,10-11H2,1-3H3. The third kappa shape index (κ3) is 4.08. The van der Waals surface area contributed by atoms with Gasteiger partial charge < -0.3 is 13.9 Å². The molecule has 2 aromatic rings. The van der Waals surface area contributed by atoms with E-state index in [-0.39, 0.29) is 30.2 Å². The van der Waals surface area contributed by atoms with Crippen LogP contribution in [0.25, 0.3) is 0 Å². The number of aryl methyl sites for hydroxylation is 1. The van der Waals surface area contributed by atoms with Crippen LogP contribution in [0.4, 0.5) is 0 Å². The molecule has 7 nitrogen and oxygen atoms in total. The van der Waals surface area contributed by atoms with Crippen molar-refractivity contribution in [1.82, 2.24) is 4.31 Å². The van der Waals surface area contributed by atoms with E-state index in [0.29, 0.717) is 17.3 Å². The highest BCUT2D eigenvalue weighted by Gasteiger charge is 2.38. The molecule has 8 heteroatoms.